The third-order valence-electron chi connectivity index (χ3n) is 5.78. The summed E-state index contributed by atoms with van der Waals surface area (Å²) < 4.78 is 5.00. The Morgan fingerprint density at radius 3 is 2.20 bits per heavy atom. The number of nitrogens with two attached hydrogens (primary N) is 1. The number of likely N-dealkylation sites (N-methyl/N-ethyl adjacent to an activating group) is 1. The number of rotatable bonds is 5. The lowest BCUT2D eigenvalue weighted by Gasteiger charge is -2.57. The molecule has 4 fully saturated rings. The van der Waals surface area contributed by atoms with Crippen molar-refractivity contribution in [2.45, 2.75) is 44.6 Å². The van der Waals surface area contributed by atoms with Crippen LogP contribution in [0.5, 0.6) is 0 Å². The molecular weight excluding hydrogens is 252 g/mol. The number of carbonyl (C=O) groups excluding carboxylic acids is 1. The molecule has 0 aromatic carbocycles. The molecule has 1 amide bonds. The van der Waals surface area contributed by atoms with Crippen molar-refractivity contribution < 1.29 is 9.53 Å². The number of nitrogens with zero attached hydrogens (tertiary/aromatic N) is 1. The molecule has 20 heavy (non-hydrogen) atoms. The highest BCUT2D eigenvalue weighted by atomic mass is 16.5. The molecule has 0 radical (unpaired) electrons. The van der Waals surface area contributed by atoms with Crippen LogP contribution in [0.3, 0.4) is 0 Å². The van der Waals surface area contributed by atoms with Gasteiger partial charge in [0, 0.05) is 20.7 Å². The second kappa shape index (κ2) is 5.30. The largest absolute Gasteiger partial charge is 0.383 e. The van der Waals surface area contributed by atoms with Gasteiger partial charge < -0.3 is 15.4 Å². The summed E-state index contributed by atoms with van der Waals surface area (Å²) in [6.07, 6.45) is 8.32. The van der Waals surface area contributed by atoms with E-state index in [1.165, 1.54) is 38.5 Å². The van der Waals surface area contributed by atoms with Crippen molar-refractivity contribution in [3.8, 4) is 0 Å². The van der Waals surface area contributed by atoms with Gasteiger partial charge in [0.15, 0.2) is 0 Å². The minimum Gasteiger partial charge on any atom is -0.383 e. The zero-order valence-corrected chi connectivity index (χ0v) is 12.8. The summed E-state index contributed by atoms with van der Waals surface area (Å²) in [5.41, 5.74) is 6.27. The smallest absolute Gasteiger partial charge is 0.241 e. The van der Waals surface area contributed by atoms with Crippen LogP contribution in [0.25, 0.3) is 0 Å². The first-order valence-corrected chi connectivity index (χ1v) is 8.01. The summed E-state index contributed by atoms with van der Waals surface area (Å²) >= 11 is 0. The molecule has 4 bridgehead atoms. The van der Waals surface area contributed by atoms with E-state index in [0.717, 1.165) is 24.3 Å². The Morgan fingerprint density at radius 1 is 1.25 bits per heavy atom. The van der Waals surface area contributed by atoms with Crippen LogP contribution in [0.15, 0.2) is 0 Å². The molecule has 1 unspecified atom stereocenters. The van der Waals surface area contributed by atoms with Gasteiger partial charge in [-0.3, -0.25) is 4.79 Å². The lowest BCUT2D eigenvalue weighted by atomic mass is 9.49. The second-order valence-corrected chi connectivity index (χ2v) is 7.67. The Hall–Kier alpha value is -0.610. The molecule has 4 nitrogen and oxygen atoms in total. The molecule has 4 aliphatic rings. The normalized spacial score (nSPS) is 39.9. The van der Waals surface area contributed by atoms with E-state index in [1.54, 1.807) is 7.11 Å². The highest BCUT2D eigenvalue weighted by Crippen LogP contribution is 2.60. The minimum atomic E-state index is -0.515. The Balaban J connectivity index is 1.63. The molecule has 0 aromatic rings. The van der Waals surface area contributed by atoms with Crippen molar-refractivity contribution in [3.05, 3.63) is 0 Å². The molecule has 0 saturated heterocycles. The molecule has 4 aliphatic carbocycles. The molecule has 114 valence electrons. The van der Waals surface area contributed by atoms with Crippen LogP contribution in [-0.4, -0.2) is 44.2 Å². The third kappa shape index (κ3) is 2.60. The quantitative estimate of drug-likeness (QED) is 0.833. The third-order valence-corrected chi connectivity index (χ3v) is 5.78. The van der Waals surface area contributed by atoms with E-state index in [2.05, 4.69) is 0 Å². The summed E-state index contributed by atoms with van der Waals surface area (Å²) in [5.74, 6) is 2.81. The van der Waals surface area contributed by atoms with E-state index in [-0.39, 0.29) is 5.91 Å². The summed E-state index contributed by atoms with van der Waals surface area (Å²) in [7, 11) is 3.50. The maximum Gasteiger partial charge on any atom is 0.241 e. The van der Waals surface area contributed by atoms with Crippen LogP contribution in [0.1, 0.15) is 38.5 Å². The molecule has 0 spiro atoms. The van der Waals surface area contributed by atoms with Crippen molar-refractivity contribution >= 4 is 5.91 Å². The fourth-order valence-electron chi connectivity index (χ4n) is 5.60. The Kier molecular flexibility index (Phi) is 3.80. The lowest BCUT2D eigenvalue weighted by molar-refractivity contribution is -0.137. The van der Waals surface area contributed by atoms with Crippen LogP contribution in [-0.2, 0) is 9.53 Å². The zero-order chi connectivity index (χ0) is 14.3. The van der Waals surface area contributed by atoms with Crippen molar-refractivity contribution in [3.63, 3.8) is 0 Å². The maximum absolute atomic E-state index is 12.3. The Labute approximate surface area is 122 Å². The Bertz CT molecular complexity index is 347. The fourth-order valence-corrected chi connectivity index (χ4v) is 5.60. The summed E-state index contributed by atoms with van der Waals surface area (Å²) in [6, 6.07) is -0.515. The van der Waals surface area contributed by atoms with Gasteiger partial charge in [0.25, 0.3) is 0 Å². The van der Waals surface area contributed by atoms with Crippen LogP contribution >= 0.6 is 0 Å². The molecule has 4 rings (SSSR count). The van der Waals surface area contributed by atoms with Crippen molar-refractivity contribution in [2.75, 3.05) is 27.3 Å². The number of hydrogen-bond acceptors (Lipinski definition) is 3. The topological polar surface area (TPSA) is 55.6 Å². The van der Waals surface area contributed by atoms with Crippen LogP contribution in [0, 0.1) is 23.2 Å². The van der Waals surface area contributed by atoms with E-state index < -0.39 is 6.04 Å². The number of hydrogen-bond donors (Lipinski definition) is 1. The number of ether oxygens (including phenoxy) is 1. The van der Waals surface area contributed by atoms with Gasteiger partial charge in [0.2, 0.25) is 5.91 Å². The average Bonchev–Trinajstić information content (AvgIpc) is 2.35. The summed E-state index contributed by atoms with van der Waals surface area (Å²) in [4.78, 5) is 14.1. The highest BCUT2D eigenvalue weighted by Gasteiger charge is 2.51. The van der Waals surface area contributed by atoms with Crippen LogP contribution in [0.2, 0.25) is 0 Å². The van der Waals surface area contributed by atoms with Crippen molar-refractivity contribution in [1.82, 2.24) is 4.90 Å². The fraction of sp³-hybridized carbons (Fsp3) is 0.938. The van der Waals surface area contributed by atoms with E-state index >= 15 is 0 Å². The standard InChI is InChI=1S/C16H28N2O2/c1-18(15(19)14(17)9-20-2)10-16-6-11-3-12(7-16)5-13(4-11)8-16/h11-14H,3-10,17H2,1-2H3. The van der Waals surface area contributed by atoms with Crippen LogP contribution < -0.4 is 5.73 Å². The molecule has 4 heteroatoms. The van der Waals surface area contributed by atoms with E-state index in [1.807, 2.05) is 11.9 Å². The SMILES string of the molecule is COCC(N)C(=O)N(C)CC12CC3CC(CC(C3)C1)C2. The van der Waals surface area contributed by atoms with Gasteiger partial charge in [0.05, 0.1) is 6.61 Å². The monoisotopic (exact) mass is 280 g/mol. The Morgan fingerprint density at radius 2 is 1.75 bits per heavy atom. The van der Waals surface area contributed by atoms with E-state index in [0.29, 0.717) is 12.0 Å². The first-order valence-electron chi connectivity index (χ1n) is 8.01. The van der Waals surface area contributed by atoms with Gasteiger partial charge in [-0.15, -0.1) is 0 Å². The summed E-state index contributed by atoms with van der Waals surface area (Å²) in [6.45, 7) is 1.21. The molecule has 0 aliphatic heterocycles. The average molecular weight is 280 g/mol. The van der Waals surface area contributed by atoms with Gasteiger partial charge >= 0.3 is 0 Å². The number of amides is 1. The lowest BCUT2D eigenvalue weighted by Crippen LogP contribution is -2.53. The molecule has 4 saturated carbocycles. The predicted octanol–water partition coefficient (Wildman–Crippen LogP) is 1.63. The van der Waals surface area contributed by atoms with Crippen molar-refractivity contribution in [1.29, 1.82) is 0 Å². The summed E-state index contributed by atoms with van der Waals surface area (Å²) in [5, 5.41) is 0. The van der Waals surface area contributed by atoms with Gasteiger partial charge in [-0.25, -0.2) is 0 Å². The predicted molar refractivity (Wildman–Crippen MR) is 78.1 cm³/mol. The van der Waals surface area contributed by atoms with E-state index in [4.69, 9.17) is 10.5 Å². The number of methoxy groups -OCH3 is 1. The van der Waals surface area contributed by atoms with Crippen LogP contribution in [0.4, 0.5) is 0 Å². The minimum absolute atomic E-state index is 0.0302. The molecule has 0 heterocycles. The van der Waals surface area contributed by atoms with Gasteiger partial charge in [0.1, 0.15) is 6.04 Å². The van der Waals surface area contributed by atoms with Gasteiger partial charge in [-0.05, 0) is 61.7 Å². The molecule has 2 N–H and O–H groups in total. The molecule has 1 atom stereocenters. The first kappa shape index (κ1) is 14.3. The first-order chi connectivity index (χ1) is 9.51. The zero-order valence-electron chi connectivity index (χ0n) is 12.8. The van der Waals surface area contributed by atoms with Gasteiger partial charge in [-0.1, -0.05) is 0 Å². The maximum atomic E-state index is 12.3. The van der Waals surface area contributed by atoms with E-state index in [9.17, 15) is 4.79 Å². The second-order valence-electron chi connectivity index (χ2n) is 7.67. The molecular formula is C16H28N2O2. The number of carbonyl (C=O) groups is 1. The molecule has 0 aromatic heterocycles. The highest BCUT2D eigenvalue weighted by molar-refractivity contribution is 5.81. The van der Waals surface area contributed by atoms with Gasteiger partial charge in [-0.2, -0.15) is 0 Å². The van der Waals surface area contributed by atoms with Crippen molar-refractivity contribution in [2.24, 2.45) is 28.9 Å².